The summed E-state index contributed by atoms with van der Waals surface area (Å²) in [6.45, 7) is 0. The van der Waals surface area contributed by atoms with Crippen molar-refractivity contribution in [3.8, 4) is 17.2 Å². The summed E-state index contributed by atoms with van der Waals surface area (Å²) < 4.78 is 38.5. The highest BCUT2D eigenvalue weighted by molar-refractivity contribution is 6.31. The molecule has 4 rings (SSSR count). The first-order chi connectivity index (χ1) is 14.9. The third-order valence-corrected chi connectivity index (χ3v) is 5.06. The molecule has 0 aliphatic heterocycles. The first-order valence-corrected chi connectivity index (χ1v) is 9.84. The molecule has 1 atom stereocenters. The molecule has 1 heterocycles. The molecule has 0 amide bonds. The molecule has 0 saturated heterocycles. The van der Waals surface area contributed by atoms with Gasteiger partial charge in [0.05, 0.1) is 12.8 Å². The number of methoxy groups -OCH3 is 1. The van der Waals surface area contributed by atoms with Gasteiger partial charge in [-0.2, -0.15) is 0 Å². The van der Waals surface area contributed by atoms with Crippen LogP contribution < -0.4 is 10.1 Å². The lowest BCUT2D eigenvalue weighted by molar-refractivity contribution is 0.415. The number of anilines is 1. The van der Waals surface area contributed by atoms with Crippen molar-refractivity contribution in [2.45, 2.75) is 6.04 Å². The largest absolute Gasteiger partial charge is 0.495 e. The molecule has 1 N–H and O–H groups in total. The second kappa shape index (κ2) is 8.91. The maximum atomic E-state index is 13.6. The molecular formula is C22H15Cl2F2N3O2. The van der Waals surface area contributed by atoms with Crippen molar-refractivity contribution in [3.05, 3.63) is 93.8 Å². The van der Waals surface area contributed by atoms with Gasteiger partial charge >= 0.3 is 0 Å². The van der Waals surface area contributed by atoms with Crippen LogP contribution in [0.3, 0.4) is 0 Å². The second-order valence-corrected chi connectivity index (χ2v) is 7.39. The molecule has 0 aliphatic carbocycles. The molecule has 158 valence electrons. The van der Waals surface area contributed by atoms with E-state index in [4.69, 9.17) is 32.4 Å². The normalized spacial score (nSPS) is 11.9. The molecule has 1 aromatic heterocycles. The van der Waals surface area contributed by atoms with Crippen LogP contribution in [0.5, 0.6) is 5.75 Å². The number of nitrogens with one attached hydrogen (secondary N) is 1. The minimum atomic E-state index is -0.768. The Hall–Kier alpha value is -3.16. The summed E-state index contributed by atoms with van der Waals surface area (Å²) in [5.41, 5.74) is 1.44. The van der Waals surface area contributed by atoms with E-state index in [-0.39, 0.29) is 16.8 Å². The molecule has 0 fully saturated rings. The van der Waals surface area contributed by atoms with Gasteiger partial charge in [0, 0.05) is 21.2 Å². The van der Waals surface area contributed by atoms with Crippen LogP contribution in [0.4, 0.5) is 14.5 Å². The van der Waals surface area contributed by atoms with Crippen LogP contribution >= 0.6 is 23.2 Å². The number of hydrogen-bond acceptors (Lipinski definition) is 5. The summed E-state index contributed by atoms with van der Waals surface area (Å²) in [6, 6.07) is 14.0. The smallest absolute Gasteiger partial charge is 0.247 e. The van der Waals surface area contributed by atoms with E-state index in [0.717, 1.165) is 0 Å². The Kier molecular flexibility index (Phi) is 6.06. The summed E-state index contributed by atoms with van der Waals surface area (Å²) >= 11 is 12.5. The Morgan fingerprint density at radius 3 is 2.52 bits per heavy atom. The van der Waals surface area contributed by atoms with Crippen molar-refractivity contribution in [1.82, 2.24) is 10.2 Å². The van der Waals surface area contributed by atoms with Crippen LogP contribution in [0.25, 0.3) is 11.5 Å². The summed E-state index contributed by atoms with van der Waals surface area (Å²) in [5.74, 6) is -0.152. The van der Waals surface area contributed by atoms with Crippen molar-refractivity contribution < 1.29 is 17.9 Å². The first kappa shape index (κ1) is 21.1. The monoisotopic (exact) mass is 461 g/mol. The molecule has 31 heavy (non-hydrogen) atoms. The van der Waals surface area contributed by atoms with Gasteiger partial charge in [0.25, 0.3) is 0 Å². The zero-order valence-electron chi connectivity index (χ0n) is 16.1. The van der Waals surface area contributed by atoms with Crippen LogP contribution in [0.15, 0.2) is 65.1 Å². The van der Waals surface area contributed by atoms with E-state index in [2.05, 4.69) is 15.5 Å². The number of benzene rings is 3. The quantitative estimate of drug-likeness (QED) is 0.353. The van der Waals surface area contributed by atoms with E-state index in [1.54, 1.807) is 24.3 Å². The van der Waals surface area contributed by atoms with Crippen molar-refractivity contribution in [1.29, 1.82) is 0 Å². The SMILES string of the molecule is COc1ccc(Cl)cc1N[C@@H](c1nnc(-c2cccc(F)c2)o1)c1ccc(F)cc1Cl. The van der Waals surface area contributed by atoms with Crippen molar-refractivity contribution in [2.24, 2.45) is 0 Å². The Balaban J connectivity index is 1.79. The molecule has 9 heteroatoms. The predicted octanol–water partition coefficient (Wildman–Crippen LogP) is 6.53. The molecule has 0 saturated carbocycles. The van der Waals surface area contributed by atoms with Gasteiger partial charge in [-0.3, -0.25) is 0 Å². The molecule has 0 bridgehead atoms. The maximum absolute atomic E-state index is 13.6. The van der Waals surface area contributed by atoms with Crippen molar-refractivity contribution >= 4 is 28.9 Å². The molecule has 0 aliphatic rings. The topological polar surface area (TPSA) is 60.2 Å². The van der Waals surface area contributed by atoms with Crippen molar-refractivity contribution in [2.75, 3.05) is 12.4 Å². The van der Waals surface area contributed by atoms with Gasteiger partial charge in [-0.05, 0) is 48.5 Å². The second-order valence-electron chi connectivity index (χ2n) is 6.54. The number of hydrogen-bond donors (Lipinski definition) is 1. The number of ether oxygens (including phenoxy) is 1. The van der Waals surface area contributed by atoms with E-state index in [9.17, 15) is 8.78 Å². The maximum Gasteiger partial charge on any atom is 0.247 e. The molecule has 0 spiro atoms. The van der Waals surface area contributed by atoms with Gasteiger partial charge in [0.1, 0.15) is 23.4 Å². The summed E-state index contributed by atoms with van der Waals surface area (Å²) in [7, 11) is 1.52. The van der Waals surface area contributed by atoms with Crippen LogP contribution in [0.1, 0.15) is 17.5 Å². The van der Waals surface area contributed by atoms with Gasteiger partial charge in [-0.15, -0.1) is 10.2 Å². The molecule has 3 aromatic carbocycles. The Labute approximate surface area is 186 Å². The zero-order chi connectivity index (χ0) is 22.0. The van der Waals surface area contributed by atoms with Gasteiger partial charge in [-0.1, -0.05) is 35.3 Å². The van der Waals surface area contributed by atoms with Gasteiger partial charge in [-0.25, -0.2) is 8.78 Å². The first-order valence-electron chi connectivity index (χ1n) is 9.09. The summed E-state index contributed by atoms with van der Waals surface area (Å²) in [6.07, 6.45) is 0. The number of aromatic nitrogens is 2. The van der Waals surface area contributed by atoms with Crippen LogP contribution in [-0.4, -0.2) is 17.3 Å². The fourth-order valence-corrected chi connectivity index (χ4v) is 3.49. The average molecular weight is 462 g/mol. The standard InChI is InChI=1S/C22H15Cl2F2N3O2/c1-30-19-8-5-13(23)10-18(19)27-20(16-7-6-15(26)11-17(16)24)22-29-28-21(31-22)12-3-2-4-14(25)9-12/h2-11,20,27H,1H3/t20-/m1/s1. The lowest BCUT2D eigenvalue weighted by atomic mass is 10.1. The average Bonchev–Trinajstić information content (AvgIpc) is 3.23. The number of rotatable bonds is 6. The third-order valence-electron chi connectivity index (χ3n) is 4.49. The van der Waals surface area contributed by atoms with Crippen LogP contribution in [-0.2, 0) is 0 Å². The van der Waals surface area contributed by atoms with Gasteiger partial charge < -0.3 is 14.5 Å². The van der Waals surface area contributed by atoms with E-state index >= 15 is 0 Å². The Morgan fingerprint density at radius 2 is 1.77 bits per heavy atom. The molecule has 5 nitrogen and oxygen atoms in total. The molecular weight excluding hydrogens is 447 g/mol. The van der Waals surface area contributed by atoms with Crippen molar-refractivity contribution in [3.63, 3.8) is 0 Å². The van der Waals surface area contributed by atoms with Gasteiger partial charge in [0.2, 0.25) is 11.8 Å². The minimum Gasteiger partial charge on any atom is -0.495 e. The Bertz CT molecular complexity index is 1230. The lowest BCUT2D eigenvalue weighted by Gasteiger charge is -2.20. The van der Waals surface area contributed by atoms with E-state index < -0.39 is 17.7 Å². The fourth-order valence-electron chi connectivity index (χ4n) is 3.05. The summed E-state index contributed by atoms with van der Waals surface area (Å²) in [4.78, 5) is 0. The zero-order valence-corrected chi connectivity index (χ0v) is 17.6. The van der Waals surface area contributed by atoms with E-state index in [1.165, 1.54) is 43.5 Å². The van der Waals surface area contributed by atoms with E-state index in [1.807, 2.05) is 0 Å². The molecule has 0 radical (unpaired) electrons. The lowest BCUT2D eigenvalue weighted by Crippen LogP contribution is -2.14. The number of halogens is 4. The van der Waals surface area contributed by atoms with E-state index in [0.29, 0.717) is 27.6 Å². The predicted molar refractivity (Wildman–Crippen MR) is 115 cm³/mol. The molecule has 4 aromatic rings. The highest BCUT2D eigenvalue weighted by Gasteiger charge is 2.25. The van der Waals surface area contributed by atoms with Crippen LogP contribution in [0, 0.1) is 11.6 Å². The van der Waals surface area contributed by atoms with Gasteiger partial charge in [0.15, 0.2) is 0 Å². The fraction of sp³-hybridized carbons (Fsp3) is 0.0909. The van der Waals surface area contributed by atoms with Crippen LogP contribution in [0.2, 0.25) is 10.0 Å². The number of nitrogens with zero attached hydrogens (tertiary/aromatic N) is 2. The summed E-state index contributed by atoms with van der Waals surface area (Å²) in [5, 5.41) is 12.0. The minimum absolute atomic E-state index is 0.123. The third kappa shape index (κ3) is 4.62. The molecule has 0 unspecified atom stereocenters. The Morgan fingerprint density at radius 1 is 0.968 bits per heavy atom. The highest BCUT2D eigenvalue weighted by Crippen LogP contribution is 2.36. The highest BCUT2D eigenvalue weighted by atomic mass is 35.5.